The van der Waals surface area contributed by atoms with Crippen LogP contribution in [0, 0.1) is 0 Å². The molecule has 0 aromatic heterocycles. The number of hydrogen-bond acceptors (Lipinski definition) is 4. The molecule has 3 N–H and O–H groups in total. The molecular weight excluding hydrogens is 474 g/mol. The Morgan fingerprint density at radius 3 is 2.48 bits per heavy atom. The van der Waals surface area contributed by atoms with Crippen LogP contribution in [-0.4, -0.2) is 67.4 Å². The monoisotopic (exact) mass is 501 g/mol. The number of halogens is 4. The molecule has 0 radical (unpaired) electrons. The van der Waals surface area contributed by atoms with Gasteiger partial charge in [-0.25, -0.2) is 0 Å². The third kappa shape index (κ3) is 8.09. The predicted molar refractivity (Wildman–Crippen MR) is 112 cm³/mol. The summed E-state index contributed by atoms with van der Waals surface area (Å²) in [6, 6.07) is 5.93. The van der Waals surface area contributed by atoms with E-state index in [9.17, 15) is 13.2 Å². The molecule has 0 spiro atoms. The Morgan fingerprint density at radius 1 is 1.26 bits per heavy atom. The lowest BCUT2D eigenvalue weighted by Gasteiger charge is -2.37. The second kappa shape index (κ2) is 10.9. The number of ether oxygens (including phenoxy) is 1. The molecule has 2 rings (SSSR count). The Bertz CT molecular complexity index is 606. The summed E-state index contributed by atoms with van der Waals surface area (Å²) in [7, 11) is 0. The molecule has 27 heavy (non-hydrogen) atoms. The molecule has 0 saturated carbocycles. The highest BCUT2D eigenvalue weighted by molar-refractivity contribution is 14.0. The summed E-state index contributed by atoms with van der Waals surface area (Å²) < 4.78 is 41.3. The van der Waals surface area contributed by atoms with E-state index in [1.807, 2.05) is 0 Å². The molecule has 0 aliphatic carbocycles. The van der Waals surface area contributed by atoms with Crippen LogP contribution in [0.4, 0.5) is 18.9 Å². The quantitative estimate of drug-likeness (QED) is 0.357. The maximum Gasteiger partial charge on any atom is 0.573 e. The Hall–Kier alpha value is -1.27. The van der Waals surface area contributed by atoms with Crippen LogP contribution in [-0.2, 0) is 0 Å². The van der Waals surface area contributed by atoms with Crippen molar-refractivity contribution in [3.05, 3.63) is 24.3 Å². The average Bonchev–Trinajstić information content (AvgIpc) is 2.60. The number of piperazine rings is 1. The molecule has 1 aliphatic rings. The number of alkyl halides is 3. The molecule has 1 saturated heterocycles. The van der Waals surface area contributed by atoms with Crippen LogP contribution in [0.5, 0.6) is 5.75 Å². The number of anilines is 1. The van der Waals surface area contributed by atoms with Gasteiger partial charge in [0.2, 0.25) is 0 Å². The highest BCUT2D eigenvalue weighted by atomic mass is 127. The minimum absolute atomic E-state index is 0. The summed E-state index contributed by atoms with van der Waals surface area (Å²) >= 11 is 0. The third-order valence-corrected chi connectivity index (χ3v) is 4.38. The van der Waals surface area contributed by atoms with Gasteiger partial charge in [0.05, 0.1) is 12.2 Å². The van der Waals surface area contributed by atoms with Crippen molar-refractivity contribution in [3.8, 4) is 5.75 Å². The summed E-state index contributed by atoms with van der Waals surface area (Å²) in [6.45, 7) is 9.74. The lowest BCUT2D eigenvalue weighted by molar-refractivity contribution is -0.274. The molecule has 1 aliphatic heterocycles. The molecule has 1 unspecified atom stereocenters. The minimum atomic E-state index is -4.77. The first-order chi connectivity index (χ1) is 12.3. The molecule has 1 heterocycles. The maximum atomic E-state index is 12.5. The zero-order valence-electron chi connectivity index (χ0n) is 15.5. The number of nitrogens with two attached hydrogens (primary N) is 1. The normalized spacial score (nSPS) is 17.9. The van der Waals surface area contributed by atoms with Crippen LogP contribution in [0.2, 0.25) is 0 Å². The van der Waals surface area contributed by atoms with Gasteiger partial charge in [0.1, 0.15) is 0 Å². The van der Waals surface area contributed by atoms with E-state index in [0.717, 1.165) is 32.7 Å². The van der Waals surface area contributed by atoms with E-state index in [-0.39, 0.29) is 47.4 Å². The van der Waals surface area contributed by atoms with E-state index in [4.69, 9.17) is 5.73 Å². The van der Waals surface area contributed by atoms with Gasteiger partial charge in [-0.3, -0.25) is 9.89 Å². The molecular formula is C17H27F3IN5O. The third-order valence-electron chi connectivity index (χ3n) is 4.38. The van der Waals surface area contributed by atoms with E-state index >= 15 is 0 Å². The van der Waals surface area contributed by atoms with Gasteiger partial charge in [0.15, 0.2) is 11.7 Å². The van der Waals surface area contributed by atoms with Gasteiger partial charge in [-0.1, -0.05) is 19.1 Å². The standard InChI is InChI=1S/C17H26F3N5O.HI/c1-3-24-8-10-25(11-9-24)13(2)12-22-16(21)23-14-6-4-5-7-15(14)26-17(18,19)20;/h4-7,13H,3,8-12H2,1-2H3,(H3,21,22,23);1H. The molecule has 10 heteroatoms. The first-order valence-electron chi connectivity index (χ1n) is 8.66. The van der Waals surface area contributed by atoms with Crippen molar-refractivity contribution in [2.24, 2.45) is 10.7 Å². The SMILES string of the molecule is CCN1CCN(C(C)CN=C(N)Nc2ccccc2OC(F)(F)F)CC1.I. The van der Waals surface area contributed by atoms with Crippen LogP contribution in [0.15, 0.2) is 29.3 Å². The smallest absolute Gasteiger partial charge is 0.404 e. The highest BCUT2D eigenvalue weighted by Gasteiger charge is 2.32. The second-order valence-electron chi connectivity index (χ2n) is 6.21. The van der Waals surface area contributed by atoms with Crippen molar-refractivity contribution in [1.82, 2.24) is 9.80 Å². The Labute approximate surface area is 174 Å². The number of guanidine groups is 1. The summed E-state index contributed by atoms with van der Waals surface area (Å²) in [5.41, 5.74) is 5.96. The number of nitrogens with zero attached hydrogens (tertiary/aromatic N) is 3. The van der Waals surface area contributed by atoms with Gasteiger partial charge in [-0.2, -0.15) is 0 Å². The van der Waals surface area contributed by atoms with Gasteiger partial charge < -0.3 is 20.7 Å². The fourth-order valence-corrected chi connectivity index (χ4v) is 2.83. The van der Waals surface area contributed by atoms with Crippen LogP contribution < -0.4 is 15.8 Å². The van der Waals surface area contributed by atoms with Gasteiger partial charge >= 0.3 is 6.36 Å². The van der Waals surface area contributed by atoms with Gasteiger partial charge in [-0.15, -0.1) is 37.1 Å². The first kappa shape index (κ1) is 23.8. The van der Waals surface area contributed by atoms with E-state index in [1.54, 1.807) is 6.07 Å². The topological polar surface area (TPSA) is 66.1 Å². The number of hydrogen-bond donors (Lipinski definition) is 2. The van der Waals surface area contributed by atoms with Crippen molar-refractivity contribution in [1.29, 1.82) is 0 Å². The maximum absolute atomic E-state index is 12.5. The number of benzene rings is 1. The molecule has 1 atom stereocenters. The van der Waals surface area contributed by atoms with Crippen molar-refractivity contribution in [2.45, 2.75) is 26.3 Å². The molecule has 6 nitrogen and oxygen atoms in total. The summed E-state index contributed by atoms with van der Waals surface area (Å²) in [5.74, 6) is -0.288. The summed E-state index contributed by atoms with van der Waals surface area (Å²) in [6.07, 6.45) is -4.77. The van der Waals surface area contributed by atoms with Crippen molar-refractivity contribution in [3.63, 3.8) is 0 Å². The van der Waals surface area contributed by atoms with Crippen LogP contribution in [0.25, 0.3) is 0 Å². The van der Waals surface area contributed by atoms with E-state index < -0.39 is 6.36 Å². The molecule has 1 fully saturated rings. The van der Waals surface area contributed by atoms with Crippen molar-refractivity contribution < 1.29 is 17.9 Å². The lowest BCUT2D eigenvalue weighted by atomic mass is 10.2. The minimum Gasteiger partial charge on any atom is -0.404 e. The highest BCUT2D eigenvalue weighted by Crippen LogP contribution is 2.29. The zero-order chi connectivity index (χ0) is 19.2. The molecule has 0 bridgehead atoms. The van der Waals surface area contributed by atoms with Crippen LogP contribution >= 0.6 is 24.0 Å². The van der Waals surface area contributed by atoms with E-state index in [1.165, 1.54) is 18.2 Å². The van der Waals surface area contributed by atoms with Gasteiger partial charge in [-0.05, 0) is 25.6 Å². The predicted octanol–water partition coefficient (Wildman–Crippen LogP) is 2.96. The Kier molecular flexibility index (Phi) is 9.60. The fraction of sp³-hybridized carbons (Fsp3) is 0.588. The van der Waals surface area contributed by atoms with Crippen molar-refractivity contribution >= 4 is 35.6 Å². The largest absolute Gasteiger partial charge is 0.573 e. The van der Waals surface area contributed by atoms with E-state index in [0.29, 0.717) is 6.54 Å². The lowest BCUT2D eigenvalue weighted by Crippen LogP contribution is -2.50. The Morgan fingerprint density at radius 2 is 1.89 bits per heavy atom. The number of aliphatic imine (C=N–C) groups is 1. The number of para-hydroxylation sites is 2. The molecule has 154 valence electrons. The molecule has 1 aromatic rings. The van der Waals surface area contributed by atoms with E-state index in [2.05, 4.69) is 38.7 Å². The van der Waals surface area contributed by atoms with Crippen LogP contribution in [0.1, 0.15) is 13.8 Å². The van der Waals surface area contributed by atoms with Crippen molar-refractivity contribution in [2.75, 3.05) is 44.6 Å². The summed E-state index contributed by atoms with van der Waals surface area (Å²) in [5, 5.41) is 2.68. The summed E-state index contributed by atoms with van der Waals surface area (Å²) in [4.78, 5) is 8.99. The number of likely N-dealkylation sites (N-methyl/N-ethyl adjacent to an activating group) is 1. The molecule has 0 amide bonds. The van der Waals surface area contributed by atoms with Crippen LogP contribution in [0.3, 0.4) is 0 Å². The second-order valence-corrected chi connectivity index (χ2v) is 6.21. The van der Waals surface area contributed by atoms with Gasteiger partial charge in [0, 0.05) is 32.2 Å². The Balaban J connectivity index is 0.00000364. The van der Waals surface area contributed by atoms with Gasteiger partial charge in [0.25, 0.3) is 0 Å². The first-order valence-corrected chi connectivity index (χ1v) is 8.66. The average molecular weight is 501 g/mol. The fourth-order valence-electron chi connectivity index (χ4n) is 2.83. The zero-order valence-corrected chi connectivity index (χ0v) is 17.8. The molecule has 1 aromatic carbocycles. The number of rotatable bonds is 6. The number of nitrogens with one attached hydrogen (secondary N) is 1.